The van der Waals surface area contributed by atoms with Crippen LogP contribution in [0, 0.1) is 0 Å². The molecule has 0 fully saturated rings. The van der Waals surface area contributed by atoms with Crippen LogP contribution in [0.3, 0.4) is 0 Å². The topological polar surface area (TPSA) is 109 Å². The number of carbonyl (C=O) groups excluding carboxylic acids is 2. The van der Waals surface area contributed by atoms with Gasteiger partial charge in [-0.1, -0.05) is 0 Å². The third kappa shape index (κ3) is 3.47. The van der Waals surface area contributed by atoms with Gasteiger partial charge in [0.1, 0.15) is 6.26 Å². The third-order valence-corrected chi connectivity index (χ3v) is 2.60. The van der Waals surface area contributed by atoms with Crippen molar-refractivity contribution in [3.8, 4) is 0 Å². The minimum absolute atomic E-state index is 0.127. The fourth-order valence-electron chi connectivity index (χ4n) is 1.70. The monoisotopic (exact) mass is 288 g/mol. The van der Waals surface area contributed by atoms with Gasteiger partial charge in [-0.15, -0.1) is 0 Å². The zero-order valence-electron chi connectivity index (χ0n) is 11.0. The summed E-state index contributed by atoms with van der Waals surface area (Å²) in [6.07, 6.45) is 2.59. The van der Waals surface area contributed by atoms with Crippen molar-refractivity contribution in [2.24, 2.45) is 0 Å². The Hall–Kier alpha value is -3.09. The van der Waals surface area contributed by atoms with Gasteiger partial charge in [0, 0.05) is 12.6 Å². The molecule has 2 amide bonds. The number of carboxylic acids is 1. The molecule has 7 heteroatoms. The normalized spacial score (nSPS) is 9.95. The summed E-state index contributed by atoms with van der Waals surface area (Å²) in [7, 11) is 0. The van der Waals surface area contributed by atoms with E-state index in [2.05, 4.69) is 10.6 Å². The van der Waals surface area contributed by atoms with Crippen molar-refractivity contribution in [2.75, 3.05) is 10.6 Å². The molecular weight excluding hydrogens is 276 g/mol. The molecule has 0 spiro atoms. The maximum absolute atomic E-state index is 11.9. The van der Waals surface area contributed by atoms with Crippen molar-refractivity contribution in [3.05, 3.63) is 47.9 Å². The average molecular weight is 288 g/mol. The largest absolute Gasteiger partial charge is 0.478 e. The molecule has 7 nitrogen and oxygen atoms in total. The van der Waals surface area contributed by atoms with Crippen LogP contribution >= 0.6 is 0 Å². The number of anilines is 2. The Morgan fingerprint density at radius 1 is 1.14 bits per heavy atom. The molecule has 108 valence electrons. The zero-order valence-corrected chi connectivity index (χ0v) is 11.0. The van der Waals surface area contributed by atoms with Gasteiger partial charge in [0.15, 0.2) is 0 Å². The van der Waals surface area contributed by atoms with Crippen LogP contribution in [0.15, 0.2) is 41.2 Å². The summed E-state index contributed by atoms with van der Waals surface area (Å²) in [5, 5.41) is 14.1. The van der Waals surface area contributed by atoms with Crippen molar-refractivity contribution in [1.82, 2.24) is 0 Å². The highest BCUT2D eigenvalue weighted by molar-refractivity contribution is 6.08. The first-order valence-electron chi connectivity index (χ1n) is 5.96. The molecule has 0 aliphatic carbocycles. The lowest BCUT2D eigenvalue weighted by atomic mass is 10.1. The van der Waals surface area contributed by atoms with E-state index in [-0.39, 0.29) is 22.7 Å². The maximum atomic E-state index is 11.9. The molecule has 21 heavy (non-hydrogen) atoms. The number of hydrogen-bond acceptors (Lipinski definition) is 4. The Balaban J connectivity index is 2.28. The van der Waals surface area contributed by atoms with Crippen LogP contribution in [-0.2, 0) is 4.79 Å². The standard InChI is InChI=1S/C14H12N2O5/c1-8(17)15-10-2-3-12(11(6-10)14(19)20)16-13(18)9-4-5-21-7-9/h2-7H,1H3,(H,15,17)(H,16,18)(H,19,20). The van der Waals surface area contributed by atoms with Crippen molar-refractivity contribution in [2.45, 2.75) is 6.92 Å². The Bertz CT molecular complexity index is 691. The number of hydrogen-bond donors (Lipinski definition) is 3. The average Bonchev–Trinajstić information content (AvgIpc) is 2.93. The lowest BCUT2D eigenvalue weighted by Gasteiger charge is -2.10. The van der Waals surface area contributed by atoms with Crippen LogP contribution < -0.4 is 10.6 Å². The van der Waals surface area contributed by atoms with Gasteiger partial charge in [0.2, 0.25) is 5.91 Å². The zero-order chi connectivity index (χ0) is 15.4. The fraction of sp³-hybridized carbons (Fsp3) is 0.0714. The second-order valence-electron chi connectivity index (χ2n) is 4.21. The second-order valence-corrected chi connectivity index (χ2v) is 4.21. The highest BCUT2D eigenvalue weighted by Crippen LogP contribution is 2.21. The molecule has 3 N–H and O–H groups in total. The van der Waals surface area contributed by atoms with E-state index in [0.29, 0.717) is 5.69 Å². The first-order valence-corrected chi connectivity index (χ1v) is 5.96. The van der Waals surface area contributed by atoms with Crippen LogP contribution in [0.2, 0.25) is 0 Å². The number of rotatable bonds is 4. The predicted molar refractivity (Wildman–Crippen MR) is 74.4 cm³/mol. The first-order chi connectivity index (χ1) is 9.97. The summed E-state index contributed by atoms with van der Waals surface area (Å²) < 4.78 is 4.79. The van der Waals surface area contributed by atoms with E-state index in [1.807, 2.05) is 0 Å². The molecule has 2 aromatic rings. The fourth-order valence-corrected chi connectivity index (χ4v) is 1.70. The van der Waals surface area contributed by atoms with Gasteiger partial charge >= 0.3 is 5.97 Å². The lowest BCUT2D eigenvalue weighted by molar-refractivity contribution is -0.114. The highest BCUT2D eigenvalue weighted by atomic mass is 16.4. The summed E-state index contributed by atoms with van der Waals surface area (Å²) in [5.74, 6) is -2.02. The van der Waals surface area contributed by atoms with Gasteiger partial charge in [-0.2, -0.15) is 0 Å². The van der Waals surface area contributed by atoms with Crippen LogP contribution in [0.5, 0.6) is 0 Å². The van der Waals surface area contributed by atoms with Gasteiger partial charge in [0.25, 0.3) is 5.91 Å². The third-order valence-electron chi connectivity index (χ3n) is 2.60. The molecule has 0 radical (unpaired) electrons. The van der Waals surface area contributed by atoms with E-state index in [9.17, 15) is 19.5 Å². The summed E-state index contributed by atoms with van der Waals surface area (Å²) in [6, 6.07) is 5.64. The minimum atomic E-state index is -1.22. The molecular formula is C14H12N2O5. The number of carbonyl (C=O) groups is 3. The Morgan fingerprint density at radius 2 is 1.90 bits per heavy atom. The second kappa shape index (κ2) is 5.91. The number of benzene rings is 1. The van der Waals surface area contributed by atoms with E-state index in [4.69, 9.17) is 4.42 Å². The molecule has 0 aliphatic heterocycles. The lowest BCUT2D eigenvalue weighted by Crippen LogP contribution is -2.15. The van der Waals surface area contributed by atoms with Gasteiger partial charge < -0.3 is 20.2 Å². The summed E-state index contributed by atoms with van der Waals surface area (Å²) >= 11 is 0. The number of carboxylic acid groups (broad SMARTS) is 1. The van der Waals surface area contributed by atoms with Gasteiger partial charge in [-0.3, -0.25) is 9.59 Å². The number of nitrogens with one attached hydrogen (secondary N) is 2. The van der Waals surface area contributed by atoms with E-state index >= 15 is 0 Å². The number of aromatic carboxylic acids is 1. The minimum Gasteiger partial charge on any atom is -0.478 e. The first kappa shape index (κ1) is 14.3. The van der Waals surface area contributed by atoms with Crippen LogP contribution in [0.1, 0.15) is 27.6 Å². The Kier molecular flexibility index (Phi) is 4.03. The van der Waals surface area contributed by atoms with E-state index in [1.54, 1.807) is 0 Å². The van der Waals surface area contributed by atoms with Crippen molar-refractivity contribution in [3.63, 3.8) is 0 Å². The predicted octanol–water partition coefficient (Wildman–Crippen LogP) is 2.19. The highest BCUT2D eigenvalue weighted by Gasteiger charge is 2.15. The molecule has 0 aliphatic rings. The molecule has 1 aromatic heterocycles. The Labute approximate surface area is 119 Å². The molecule has 0 saturated heterocycles. The number of furan rings is 1. The van der Waals surface area contributed by atoms with Crippen LogP contribution in [0.4, 0.5) is 11.4 Å². The van der Waals surface area contributed by atoms with Crippen LogP contribution in [0.25, 0.3) is 0 Å². The molecule has 1 heterocycles. The van der Waals surface area contributed by atoms with Gasteiger partial charge in [-0.25, -0.2) is 4.79 Å². The maximum Gasteiger partial charge on any atom is 0.337 e. The summed E-state index contributed by atoms with van der Waals surface area (Å²) in [4.78, 5) is 34.1. The molecule has 2 rings (SSSR count). The van der Waals surface area contributed by atoms with Gasteiger partial charge in [0.05, 0.1) is 23.1 Å². The Morgan fingerprint density at radius 3 is 2.48 bits per heavy atom. The van der Waals surface area contributed by atoms with Crippen molar-refractivity contribution in [1.29, 1.82) is 0 Å². The van der Waals surface area contributed by atoms with Crippen molar-refractivity contribution < 1.29 is 23.9 Å². The molecule has 0 unspecified atom stereocenters. The SMILES string of the molecule is CC(=O)Nc1ccc(NC(=O)c2ccoc2)c(C(=O)O)c1. The molecule has 1 aromatic carbocycles. The molecule has 0 saturated carbocycles. The van der Waals surface area contributed by atoms with Gasteiger partial charge in [-0.05, 0) is 24.3 Å². The summed E-state index contributed by atoms with van der Waals surface area (Å²) in [6.45, 7) is 1.31. The van der Waals surface area contributed by atoms with Crippen LogP contribution in [-0.4, -0.2) is 22.9 Å². The molecule has 0 bridgehead atoms. The van der Waals surface area contributed by atoms with E-state index in [0.717, 1.165) is 0 Å². The smallest absolute Gasteiger partial charge is 0.337 e. The molecule has 0 atom stereocenters. The quantitative estimate of drug-likeness (QED) is 0.799. The summed E-state index contributed by atoms with van der Waals surface area (Å²) in [5.41, 5.74) is 0.611. The van der Waals surface area contributed by atoms with Crippen molar-refractivity contribution >= 4 is 29.2 Å². The van der Waals surface area contributed by atoms with E-state index < -0.39 is 11.9 Å². The number of amides is 2. The van der Waals surface area contributed by atoms with E-state index in [1.165, 1.54) is 43.7 Å².